The van der Waals surface area contributed by atoms with Crippen molar-refractivity contribution in [3.8, 4) is 0 Å². The van der Waals surface area contributed by atoms with Gasteiger partial charge in [0.05, 0.1) is 17.8 Å². The molecule has 1 fully saturated rings. The van der Waals surface area contributed by atoms with Gasteiger partial charge in [-0.05, 0) is 65.0 Å². The number of aryl methyl sites for hydroxylation is 1. The van der Waals surface area contributed by atoms with Crippen LogP contribution in [-0.4, -0.2) is 47.6 Å². The van der Waals surface area contributed by atoms with Gasteiger partial charge in [0, 0.05) is 23.0 Å². The lowest BCUT2D eigenvalue weighted by Crippen LogP contribution is -2.41. The summed E-state index contributed by atoms with van der Waals surface area (Å²) in [7, 11) is -0.543. The molecule has 0 amide bonds. The van der Waals surface area contributed by atoms with Crippen molar-refractivity contribution in [3.05, 3.63) is 29.0 Å². The Morgan fingerprint density at radius 1 is 1.24 bits per heavy atom. The Bertz CT molecular complexity index is 902. The van der Waals surface area contributed by atoms with Gasteiger partial charge in [0.25, 0.3) is 0 Å². The quantitative estimate of drug-likeness (QED) is 0.573. The van der Waals surface area contributed by atoms with Gasteiger partial charge < -0.3 is 24.1 Å². The number of fused-ring (bicyclic) bond motifs is 1. The Labute approximate surface area is 173 Å². The number of hydrogen-bond donors (Lipinski definition) is 2. The van der Waals surface area contributed by atoms with Crippen molar-refractivity contribution in [2.45, 2.75) is 72.0 Å². The first-order valence-corrected chi connectivity index (χ1v) is 10.3. The molecule has 6 nitrogen and oxygen atoms in total. The molecule has 1 saturated heterocycles. The smallest absolute Gasteiger partial charge is 0.461 e. The van der Waals surface area contributed by atoms with Gasteiger partial charge in [0.15, 0.2) is 0 Å². The predicted molar refractivity (Wildman–Crippen MR) is 115 cm³/mol. The van der Waals surface area contributed by atoms with Crippen LogP contribution in [0.1, 0.15) is 75.5 Å². The summed E-state index contributed by atoms with van der Waals surface area (Å²) >= 11 is 0. The van der Waals surface area contributed by atoms with Gasteiger partial charge >= 0.3 is 13.1 Å². The molecule has 2 heterocycles. The number of H-pyrrole nitrogens is 1. The van der Waals surface area contributed by atoms with E-state index in [1.807, 2.05) is 53.7 Å². The van der Waals surface area contributed by atoms with Crippen molar-refractivity contribution in [1.82, 2.24) is 4.98 Å². The van der Waals surface area contributed by atoms with Crippen LogP contribution < -0.4 is 5.46 Å². The van der Waals surface area contributed by atoms with Crippen molar-refractivity contribution in [1.29, 1.82) is 0 Å². The average Bonchev–Trinajstić information content (AvgIpc) is 3.09. The van der Waals surface area contributed by atoms with E-state index in [0.717, 1.165) is 27.5 Å². The van der Waals surface area contributed by atoms with Gasteiger partial charge in [-0.15, -0.1) is 0 Å². The summed E-state index contributed by atoms with van der Waals surface area (Å²) in [4.78, 5) is 16.0. The van der Waals surface area contributed by atoms with Crippen LogP contribution in [-0.2, 0) is 14.0 Å². The van der Waals surface area contributed by atoms with Crippen LogP contribution in [0.2, 0.25) is 0 Å². The van der Waals surface area contributed by atoms with Crippen molar-refractivity contribution in [2.24, 2.45) is 0 Å². The van der Waals surface area contributed by atoms with Gasteiger partial charge in [0.1, 0.15) is 5.69 Å². The molecule has 29 heavy (non-hydrogen) atoms. The van der Waals surface area contributed by atoms with Crippen molar-refractivity contribution in [2.75, 3.05) is 13.2 Å². The van der Waals surface area contributed by atoms with E-state index >= 15 is 0 Å². The van der Waals surface area contributed by atoms with E-state index in [9.17, 15) is 9.90 Å². The first-order valence-electron chi connectivity index (χ1n) is 10.3. The minimum absolute atomic E-state index is 0.0120. The van der Waals surface area contributed by atoms with Crippen LogP contribution in [0.5, 0.6) is 0 Å². The Morgan fingerprint density at radius 2 is 1.86 bits per heavy atom. The predicted octanol–water partition coefficient (Wildman–Crippen LogP) is 3.44. The van der Waals surface area contributed by atoms with Crippen LogP contribution in [0.25, 0.3) is 10.9 Å². The third-order valence-electron chi connectivity index (χ3n) is 6.30. The highest BCUT2D eigenvalue weighted by Gasteiger charge is 2.52. The zero-order chi connectivity index (χ0) is 21.6. The Balaban J connectivity index is 2.21. The molecule has 1 aromatic carbocycles. The minimum Gasteiger partial charge on any atom is -0.461 e. The second kappa shape index (κ2) is 7.78. The van der Waals surface area contributed by atoms with E-state index in [-0.39, 0.29) is 18.5 Å². The molecule has 0 aliphatic carbocycles. The zero-order valence-corrected chi connectivity index (χ0v) is 18.5. The fourth-order valence-electron chi connectivity index (χ4n) is 3.89. The molecule has 1 aliphatic heterocycles. The number of hydrogen-bond acceptors (Lipinski definition) is 5. The fraction of sp³-hybridized carbons (Fsp3) is 0.591. The first-order chi connectivity index (χ1) is 13.5. The Kier molecular flexibility index (Phi) is 5.87. The lowest BCUT2D eigenvalue weighted by molar-refractivity contribution is 0.00578. The maximum absolute atomic E-state index is 12.7. The molecular weight excluding hydrogens is 369 g/mol. The Morgan fingerprint density at radius 3 is 2.41 bits per heavy atom. The summed E-state index contributed by atoms with van der Waals surface area (Å²) in [6.07, 6.45) is 0.555. The molecule has 2 aromatic rings. The number of ether oxygens (including phenoxy) is 1. The van der Waals surface area contributed by atoms with Crippen LogP contribution in [0, 0.1) is 6.92 Å². The molecule has 1 aromatic heterocycles. The molecule has 7 heteroatoms. The topological polar surface area (TPSA) is 80.8 Å². The monoisotopic (exact) mass is 401 g/mol. The molecule has 3 rings (SSSR count). The highest BCUT2D eigenvalue weighted by Crippen LogP contribution is 2.38. The molecule has 0 unspecified atom stereocenters. The van der Waals surface area contributed by atoms with E-state index < -0.39 is 18.3 Å². The highest BCUT2D eigenvalue weighted by molar-refractivity contribution is 6.65. The van der Waals surface area contributed by atoms with Crippen LogP contribution in [0.3, 0.4) is 0 Å². The zero-order valence-electron chi connectivity index (χ0n) is 18.5. The van der Waals surface area contributed by atoms with Crippen LogP contribution >= 0.6 is 0 Å². The van der Waals surface area contributed by atoms with Gasteiger partial charge in [-0.1, -0.05) is 19.1 Å². The number of carbonyl (C=O) groups excluding carboxylic acids is 1. The maximum Gasteiger partial charge on any atom is 0.497 e. The lowest BCUT2D eigenvalue weighted by atomic mass is 9.74. The number of nitrogens with one attached hydrogen (secondary N) is 1. The summed E-state index contributed by atoms with van der Waals surface area (Å²) in [5, 5.41) is 10.4. The number of esters is 1. The molecule has 0 bridgehead atoms. The number of aliphatic hydroxyl groups is 1. The third kappa shape index (κ3) is 3.71. The normalized spacial score (nSPS) is 19.0. The number of aromatic amines is 1. The van der Waals surface area contributed by atoms with E-state index in [0.29, 0.717) is 18.7 Å². The summed E-state index contributed by atoms with van der Waals surface area (Å²) in [5.41, 5.74) is 3.12. The van der Waals surface area contributed by atoms with Crippen molar-refractivity contribution < 1.29 is 23.9 Å². The fourth-order valence-corrected chi connectivity index (χ4v) is 3.89. The van der Waals surface area contributed by atoms with Gasteiger partial charge in [-0.3, -0.25) is 0 Å². The SMILES string of the molecule is CCOC(=O)c1[nH]c2c(B3OC(C)(C)C(C)(C)O3)c(C)ccc2c1[C@H](C)CCO. The molecule has 2 N–H and O–H groups in total. The van der Waals surface area contributed by atoms with E-state index in [1.165, 1.54) is 0 Å². The number of benzene rings is 1. The number of carbonyl (C=O) groups is 1. The molecule has 0 radical (unpaired) electrons. The standard InChI is InChI=1S/C22H32BNO5/c1-8-27-20(26)19-16(13(2)11-12-25)15-10-9-14(3)17(18(15)24-19)23-28-21(4,5)22(6,7)29-23/h9-10,13,24-25H,8,11-12H2,1-7H3/t13-/m1/s1. The third-order valence-corrected chi connectivity index (χ3v) is 6.30. The van der Waals surface area contributed by atoms with Crippen LogP contribution in [0.4, 0.5) is 0 Å². The molecule has 0 spiro atoms. The molecule has 0 saturated carbocycles. The molecule has 1 aliphatic rings. The number of rotatable bonds is 6. The molecule has 158 valence electrons. The van der Waals surface area contributed by atoms with E-state index in [1.54, 1.807) is 6.92 Å². The largest absolute Gasteiger partial charge is 0.497 e. The van der Waals surface area contributed by atoms with Crippen molar-refractivity contribution in [3.63, 3.8) is 0 Å². The maximum atomic E-state index is 12.7. The minimum atomic E-state index is -0.543. The van der Waals surface area contributed by atoms with Gasteiger partial charge in [-0.2, -0.15) is 0 Å². The first kappa shape index (κ1) is 21.9. The summed E-state index contributed by atoms with van der Waals surface area (Å²) in [5.74, 6) is -0.400. The molecule has 1 atom stereocenters. The number of aliphatic hydroxyl groups excluding tert-OH is 1. The Hall–Kier alpha value is -1.83. The second-order valence-corrected chi connectivity index (χ2v) is 8.85. The summed E-state index contributed by atoms with van der Waals surface area (Å²) in [6.45, 7) is 14.3. The average molecular weight is 401 g/mol. The highest BCUT2D eigenvalue weighted by atomic mass is 16.7. The number of aromatic nitrogens is 1. The lowest BCUT2D eigenvalue weighted by Gasteiger charge is -2.32. The summed E-state index contributed by atoms with van der Waals surface area (Å²) < 4.78 is 17.9. The van der Waals surface area contributed by atoms with Gasteiger partial charge in [0.2, 0.25) is 0 Å². The van der Waals surface area contributed by atoms with Gasteiger partial charge in [-0.25, -0.2) is 4.79 Å². The van der Waals surface area contributed by atoms with E-state index in [4.69, 9.17) is 14.0 Å². The van der Waals surface area contributed by atoms with Crippen molar-refractivity contribution >= 4 is 29.5 Å². The second-order valence-electron chi connectivity index (χ2n) is 8.85. The summed E-state index contributed by atoms with van der Waals surface area (Å²) in [6, 6.07) is 4.04. The van der Waals surface area contributed by atoms with E-state index in [2.05, 4.69) is 4.98 Å². The molecular formula is C22H32BNO5. The van der Waals surface area contributed by atoms with Crippen LogP contribution in [0.15, 0.2) is 12.1 Å².